The van der Waals surface area contributed by atoms with Crippen LogP contribution >= 0.6 is 0 Å². The lowest BCUT2D eigenvalue weighted by atomic mass is 9.91. The Hall–Kier alpha value is -1.99. The van der Waals surface area contributed by atoms with E-state index in [0.29, 0.717) is 42.8 Å². The van der Waals surface area contributed by atoms with Crippen molar-refractivity contribution in [2.45, 2.75) is 109 Å². The quantitative estimate of drug-likeness (QED) is 0.202. The van der Waals surface area contributed by atoms with E-state index in [1.807, 2.05) is 67.6 Å². The summed E-state index contributed by atoms with van der Waals surface area (Å²) in [7, 11) is -1.92. The predicted molar refractivity (Wildman–Crippen MR) is 157 cm³/mol. The Balaban J connectivity index is 1.70. The van der Waals surface area contributed by atoms with E-state index in [-0.39, 0.29) is 11.8 Å². The Morgan fingerprint density at radius 2 is 1.39 bits per heavy atom. The highest BCUT2D eigenvalue weighted by atomic mass is 28.4. The highest BCUT2D eigenvalue weighted by molar-refractivity contribution is 6.77. The van der Waals surface area contributed by atoms with Gasteiger partial charge in [0.15, 0.2) is 8.32 Å². The molecule has 0 unspecified atom stereocenters. The maximum Gasteiger partial charge on any atom is 0.254 e. The first kappa shape index (κ1) is 30.5. The normalized spacial score (nSPS) is 22.3. The van der Waals surface area contributed by atoms with Crippen molar-refractivity contribution in [1.29, 1.82) is 0 Å². The number of benzene rings is 2. The third kappa shape index (κ3) is 6.59. The predicted octanol–water partition coefficient (Wildman–Crippen LogP) is 7.30. The second-order valence-corrected chi connectivity index (χ2v) is 17.4. The summed E-state index contributed by atoms with van der Waals surface area (Å²) in [5.41, 5.74) is 2.38. The Labute approximate surface area is 231 Å². The smallest absolute Gasteiger partial charge is 0.254 e. The second-order valence-electron chi connectivity index (χ2n) is 11.9. The lowest BCUT2D eigenvalue weighted by Crippen LogP contribution is -2.49. The molecule has 38 heavy (non-hydrogen) atoms. The zero-order valence-electron chi connectivity index (χ0n) is 24.5. The second kappa shape index (κ2) is 13.4. The number of hydrogen-bond acceptors (Lipinski definition) is 4. The van der Waals surface area contributed by atoms with Crippen LogP contribution < -0.4 is 0 Å². The van der Waals surface area contributed by atoms with Gasteiger partial charge in [0.25, 0.3) is 5.91 Å². The molecule has 2 aromatic carbocycles. The molecule has 3 atom stereocenters. The first-order valence-electron chi connectivity index (χ1n) is 14.4. The number of amides is 1. The van der Waals surface area contributed by atoms with Gasteiger partial charge in [0.1, 0.15) is 11.8 Å². The van der Waals surface area contributed by atoms with Gasteiger partial charge in [-0.1, -0.05) is 109 Å². The van der Waals surface area contributed by atoms with Crippen molar-refractivity contribution in [3.63, 3.8) is 0 Å². The molecule has 0 spiro atoms. The van der Waals surface area contributed by atoms with Gasteiger partial charge in [-0.2, -0.15) is 0 Å². The molecular weight excluding hydrogens is 490 g/mol. The SMILES string of the molecule is CC(C)[Si](OCCCC[C@@]1(O)[C@H](C)[C@H](OCc2ccccc2)C(=O)N1Cc1ccccc1)(C(C)C)C(C)C. The van der Waals surface area contributed by atoms with Crippen LogP contribution in [-0.2, 0) is 27.1 Å². The van der Waals surface area contributed by atoms with Crippen LogP contribution in [0, 0.1) is 5.92 Å². The molecule has 1 aliphatic rings. The molecule has 5 nitrogen and oxygen atoms in total. The Bertz CT molecular complexity index is 975. The molecule has 0 aliphatic carbocycles. The van der Waals surface area contributed by atoms with Gasteiger partial charge in [-0.15, -0.1) is 0 Å². The number of likely N-dealkylation sites (tertiary alicyclic amines) is 1. The van der Waals surface area contributed by atoms with Crippen molar-refractivity contribution in [1.82, 2.24) is 4.90 Å². The lowest BCUT2D eigenvalue weighted by molar-refractivity contribution is -0.154. The van der Waals surface area contributed by atoms with Crippen LogP contribution in [0.4, 0.5) is 0 Å². The third-order valence-corrected chi connectivity index (χ3v) is 14.7. The van der Waals surface area contributed by atoms with E-state index < -0.39 is 20.1 Å². The molecule has 0 saturated carbocycles. The van der Waals surface area contributed by atoms with Gasteiger partial charge in [-0.05, 0) is 47.0 Å². The van der Waals surface area contributed by atoms with E-state index in [2.05, 4.69) is 41.5 Å². The molecule has 1 heterocycles. The van der Waals surface area contributed by atoms with E-state index in [1.165, 1.54) is 0 Å². The first-order valence-corrected chi connectivity index (χ1v) is 16.5. The standard InChI is InChI=1S/C32H49NO4Si/c1-24(2)38(25(3)4,26(5)6)37-21-15-14-20-32(35)27(7)30(36-23-29-18-12-9-13-19-29)31(34)33(32)22-28-16-10-8-11-17-28/h8-13,16-19,24-27,30,35H,14-15,20-23H2,1-7H3/t27-,30+,32-/m1/s1. The van der Waals surface area contributed by atoms with Crippen molar-refractivity contribution in [3.8, 4) is 0 Å². The summed E-state index contributed by atoms with van der Waals surface area (Å²) in [6.45, 7) is 17.2. The van der Waals surface area contributed by atoms with Crippen LogP contribution in [0.5, 0.6) is 0 Å². The molecule has 0 bridgehead atoms. The van der Waals surface area contributed by atoms with Crippen LogP contribution in [0.15, 0.2) is 60.7 Å². The van der Waals surface area contributed by atoms with Crippen LogP contribution in [-0.4, -0.2) is 42.7 Å². The maximum atomic E-state index is 13.6. The highest BCUT2D eigenvalue weighted by Crippen LogP contribution is 2.43. The van der Waals surface area contributed by atoms with Crippen molar-refractivity contribution in [3.05, 3.63) is 71.8 Å². The van der Waals surface area contributed by atoms with E-state index in [1.54, 1.807) is 4.90 Å². The van der Waals surface area contributed by atoms with E-state index >= 15 is 0 Å². The zero-order valence-corrected chi connectivity index (χ0v) is 25.5. The fourth-order valence-corrected chi connectivity index (χ4v) is 12.1. The number of unbranched alkanes of at least 4 members (excludes halogenated alkanes) is 1. The number of rotatable bonds is 14. The summed E-state index contributed by atoms with van der Waals surface area (Å²) in [6.07, 6.45) is 1.46. The Kier molecular flexibility index (Phi) is 10.8. The summed E-state index contributed by atoms with van der Waals surface area (Å²) < 4.78 is 12.9. The number of hydrogen-bond donors (Lipinski definition) is 1. The van der Waals surface area contributed by atoms with Crippen molar-refractivity contribution < 1.29 is 19.1 Å². The van der Waals surface area contributed by atoms with Crippen LogP contribution in [0.1, 0.15) is 78.9 Å². The molecule has 6 heteroatoms. The summed E-state index contributed by atoms with van der Waals surface area (Å²) in [5, 5.41) is 12.0. The number of ether oxygens (including phenoxy) is 1. The summed E-state index contributed by atoms with van der Waals surface area (Å²) in [4.78, 5) is 15.3. The monoisotopic (exact) mass is 539 g/mol. The third-order valence-electron chi connectivity index (χ3n) is 8.61. The fraction of sp³-hybridized carbons (Fsp3) is 0.594. The zero-order chi connectivity index (χ0) is 27.9. The minimum atomic E-state index is -1.92. The Morgan fingerprint density at radius 1 is 0.868 bits per heavy atom. The van der Waals surface area contributed by atoms with Crippen molar-refractivity contribution >= 4 is 14.2 Å². The molecule has 3 rings (SSSR count). The van der Waals surface area contributed by atoms with Gasteiger partial charge in [0, 0.05) is 19.1 Å². The maximum absolute atomic E-state index is 13.6. The molecule has 1 aliphatic heterocycles. The fourth-order valence-electron chi connectivity index (χ4n) is 6.60. The molecule has 2 aromatic rings. The number of carbonyl (C=O) groups excluding carboxylic acids is 1. The minimum absolute atomic E-state index is 0.137. The van der Waals surface area contributed by atoms with E-state index in [4.69, 9.17) is 9.16 Å². The number of nitrogens with zero attached hydrogens (tertiary/aromatic N) is 1. The molecular formula is C32H49NO4Si. The van der Waals surface area contributed by atoms with Crippen LogP contribution in [0.3, 0.4) is 0 Å². The average Bonchev–Trinajstić information content (AvgIpc) is 3.05. The van der Waals surface area contributed by atoms with Gasteiger partial charge in [0.2, 0.25) is 0 Å². The van der Waals surface area contributed by atoms with Gasteiger partial charge < -0.3 is 19.2 Å². The molecule has 0 radical (unpaired) electrons. The molecule has 1 fully saturated rings. The lowest BCUT2D eigenvalue weighted by Gasteiger charge is -2.42. The van der Waals surface area contributed by atoms with Gasteiger partial charge in [-0.3, -0.25) is 4.79 Å². The van der Waals surface area contributed by atoms with Gasteiger partial charge >= 0.3 is 0 Å². The molecule has 0 aromatic heterocycles. The largest absolute Gasteiger partial charge is 0.416 e. The number of carbonyl (C=O) groups is 1. The van der Waals surface area contributed by atoms with Gasteiger partial charge in [0.05, 0.1) is 6.61 Å². The summed E-state index contributed by atoms with van der Waals surface area (Å²) >= 11 is 0. The first-order chi connectivity index (χ1) is 18.0. The van der Waals surface area contributed by atoms with Crippen LogP contribution in [0.2, 0.25) is 16.6 Å². The minimum Gasteiger partial charge on any atom is -0.416 e. The van der Waals surface area contributed by atoms with E-state index in [9.17, 15) is 9.90 Å². The van der Waals surface area contributed by atoms with Crippen molar-refractivity contribution in [2.24, 2.45) is 5.92 Å². The van der Waals surface area contributed by atoms with Crippen LogP contribution in [0.25, 0.3) is 0 Å². The molecule has 1 saturated heterocycles. The Morgan fingerprint density at radius 3 is 1.92 bits per heavy atom. The van der Waals surface area contributed by atoms with E-state index in [0.717, 1.165) is 24.0 Å². The molecule has 1 N–H and O–H groups in total. The van der Waals surface area contributed by atoms with Crippen molar-refractivity contribution in [2.75, 3.05) is 6.61 Å². The molecule has 1 amide bonds. The van der Waals surface area contributed by atoms with Gasteiger partial charge in [-0.25, -0.2) is 0 Å². The highest BCUT2D eigenvalue weighted by Gasteiger charge is 2.56. The topological polar surface area (TPSA) is 59.0 Å². The summed E-state index contributed by atoms with van der Waals surface area (Å²) in [5.74, 6) is -0.485. The summed E-state index contributed by atoms with van der Waals surface area (Å²) in [6, 6.07) is 19.8. The average molecular weight is 540 g/mol. The molecule has 210 valence electrons. The number of aliphatic hydroxyl groups is 1.